The van der Waals surface area contributed by atoms with Crippen LogP contribution in [0.1, 0.15) is 39.1 Å². The van der Waals surface area contributed by atoms with Crippen LogP contribution < -0.4 is 31.2 Å². The SMILES string of the molecule is CCc1ncc(-c2ccc3ncn(C[C@@H](C)C(=O)NC)c(=O)c3c2)cc1NS(=O)(=O)c1ccc(F)cc1Cl.CCc1ncc(-c2ccc3ncn(C[C@H](C)C(=O)NC)c(=O)c3c2)cc1NS(=O)(=O)c1ccc(F)cc1Cl. The fourth-order valence-corrected chi connectivity index (χ4v) is 11.2. The number of hydrogen-bond donors (Lipinski definition) is 4. The van der Waals surface area contributed by atoms with E-state index in [-0.39, 0.29) is 67.2 Å². The molecule has 0 fully saturated rings. The third-order valence-corrected chi connectivity index (χ3v) is 15.8. The molecule has 0 aliphatic rings. The summed E-state index contributed by atoms with van der Waals surface area (Å²) < 4.78 is 86.8. The van der Waals surface area contributed by atoms with Gasteiger partial charge in [0.2, 0.25) is 11.8 Å². The van der Waals surface area contributed by atoms with Gasteiger partial charge in [-0.1, -0.05) is 63.0 Å². The molecule has 396 valence electrons. The predicted molar refractivity (Wildman–Crippen MR) is 288 cm³/mol. The van der Waals surface area contributed by atoms with E-state index in [1.54, 1.807) is 74.8 Å². The van der Waals surface area contributed by atoms with Crippen molar-refractivity contribution in [3.05, 3.63) is 164 Å². The quantitative estimate of drug-likeness (QED) is 0.0719. The summed E-state index contributed by atoms with van der Waals surface area (Å²) in [4.78, 5) is 67.1. The fourth-order valence-electron chi connectivity index (χ4n) is 8.01. The Morgan fingerprint density at radius 3 is 1.29 bits per heavy atom. The first-order valence-corrected chi connectivity index (χ1v) is 27.2. The van der Waals surface area contributed by atoms with Gasteiger partial charge < -0.3 is 10.6 Å². The second-order valence-electron chi connectivity index (χ2n) is 17.4. The molecule has 4 heterocycles. The van der Waals surface area contributed by atoms with Gasteiger partial charge in [0.25, 0.3) is 31.2 Å². The Morgan fingerprint density at radius 1 is 0.566 bits per heavy atom. The number of rotatable bonds is 16. The van der Waals surface area contributed by atoms with E-state index in [0.29, 0.717) is 68.3 Å². The number of nitrogens with one attached hydrogen (secondary N) is 4. The molecule has 0 radical (unpaired) electrons. The summed E-state index contributed by atoms with van der Waals surface area (Å²) in [6, 6.07) is 19.5. The number of nitrogens with zero attached hydrogens (tertiary/aromatic N) is 6. The number of amides is 2. The third kappa shape index (κ3) is 12.5. The lowest BCUT2D eigenvalue weighted by molar-refractivity contribution is -0.125. The average molecular weight is 1120 g/mol. The van der Waals surface area contributed by atoms with Crippen molar-refractivity contribution < 1.29 is 35.2 Å². The number of carbonyl (C=O) groups excluding carboxylic acids is 2. The van der Waals surface area contributed by atoms with Crippen LogP contribution in [0.4, 0.5) is 20.2 Å². The second kappa shape index (κ2) is 23.5. The molecule has 0 saturated heterocycles. The Hall–Kier alpha value is -7.66. The Bertz CT molecular complexity index is 3670. The predicted octanol–water partition coefficient (Wildman–Crippen LogP) is 7.99. The first kappa shape index (κ1) is 56.1. The smallest absolute Gasteiger partial charge is 0.263 e. The van der Waals surface area contributed by atoms with Gasteiger partial charge in [-0.05, 0) is 96.8 Å². The maximum Gasteiger partial charge on any atom is 0.263 e. The molecule has 0 spiro atoms. The number of aryl methyl sites for hydroxylation is 2. The highest BCUT2D eigenvalue weighted by Crippen LogP contribution is 2.32. The van der Waals surface area contributed by atoms with Gasteiger partial charge in [0.15, 0.2) is 0 Å². The summed E-state index contributed by atoms with van der Waals surface area (Å²) in [5.74, 6) is -2.55. The van der Waals surface area contributed by atoms with Crippen LogP contribution >= 0.6 is 23.2 Å². The highest BCUT2D eigenvalue weighted by atomic mass is 35.5. The van der Waals surface area contributed by atoms with Crippen molar-refractivity contribution in [1.29, 1.82) is 0 Å². The summed E-state index contributed by atoms with van der Waals surface area (Å²) in [6.45, 7) is 7.42. The normalized spacial score (nSPS) is 12.3. The molecule has 2 amide bonds. The van der Waals surface area contributed by atoms with Crippen LogP contribution in [0.15, 0.2) is 129 Å². The molecular formula is C52H50Cl2F2N10O8S2. The lowest BCUT2D eigenvalue weighted by Crippen LogP contribution is -2.32. The number of fused-ring (bicyclic) bond motifs is 2. The van der Waals surface area contributed by atoms with Gasteiger partial charge in [-0.2, -0.15) is 0 Å². The van der Waals surface area contributed by atoms with Crippen LogP contribution in [0, 0.1) is 23.5 Å². The van der Waals surface area contributed by atoms with Crippen molar-refractivity contribution in [2.24, 2.45) is 11.8 Å². The van der Waals surface area contributed by atoms with Gasteiger partial charge in [0.05, 0.1) is 79.1 Å². The number of pyridine rings is 2. The highest BCUT2D eigenvalue weighted by molar-refractivity contribution is 7.93. The topological polar surface area (TPSA) is 246 Å². The maximum atomic E-state index is 13.4. The van der Waals surface area contributed by atoms with E-state index in [9.17, 15) is 44.8 Å². The molecule has 76 heavy (non-hydrogen) atoms. The summed E-state index contributed by atoms with van der Waals surface area (Å²) in [6.07, 6.45) is 6.87. The van der Waals surface area contributed by atoms with Crippen LogP contribution in [0.3, 0.4) is 0 Å². The number of halogens is 4. The first-order valence-electron chi connectivity index (χ1n) is 23.4. The number of anilines is 2. The molecule has 2 atom stereocenters. The Kier molecular flexibility index (Phi) is 17.3. The van der Waals surface area contributed by atoms with Gasteiger partial charge in [0.1, 0.15) is 21.4 Å². The molecule has 0 unspecified atom stereocenters. The third-order valence-electron chi connectivity index (χ3n) is 12.1. The van der Waals surface area contributed by atoms with E-state index in [1.165, 1.54) is 35.9 Å². The van der Waals surface area contributed by atoms with Gasteiger partial charge in [-0.25, -0.2) is 35.6 Å². The van der Waals surface area contributed by atoms with Crippen molar-refractivity contribution in [2.75, 3.05) is 23.5 Å². The maximum absolute atomic E-state index is 13.4. The van der Waals surface area contributed by atoms with Gasteiger partial charge in [0, 0.05) is 50.7 Å². The zero-order valence-electron chi connectivity index (χ0n) is 41.7. The number of sulfonamides is 2. The van der Waals surface area contributed by atoms with E-state index in [1.807, 2.05) is 13.8 Å². The minimum Gasteiger partial charge on any atom is -0.359 e. The fraction of sp³-hybridized carbons (Fsp3) is 0.231. The zero-order valence-corrected chi connectivity index (χ0v) is 44.8. The molecule has 24 heteroatoms. The molecule has 4 aromatic carbocycles. The molecule has 0 saturated carbocycles. The van der Waals surface area contributed by atoms with E-state index < -0.39 is 43.5 Å². The molecule has 0 aliphatic carbocycles. The standard InChI is InChI=1S/2C26H25ClFN5O4S/c2*1-4-21-23(32-38(36,37)24-8-6-18(28)11-20(24)27)10-17(12-30-21)16-5-7-22-19(9-16)26(35)33(14-31-22)13-15(2)25(34)29-3/h2*5-12,14-15,32H,4,13H2,1-3H3,(H,29,34)/t2*15-/m10/s1. The molecule has 8 rings (SSSR count). The average Bonchev–Trinajstić information content (AvgIpc) is 3.39. The minimum atomic E-state index is -4.14. The van der Waals surface area contributed by atoms with E-state index in [0.717, 1.165) is 36.4 Å². The molecular weight excluding hydrogens is 1070 g/mol. The number of aromatic nitrogens is 6. The Morgan fingerprint density at radius 2 is 0.947 bits per heavy atom. The Balaban J connectivity index is 0.000000221. The molecule has 4 N–H and O–H groups in total. The molecule has 4 aromatic heterocycles. The summed E-state index contributed by atoms with van der Waals surface area (Å²) in [7, 11) is -5.22. The van der Waals surface area contributed by atoms with Crippen molar-refractivity contribution in [2.45, 2.75) is 63.4 Å². The molecule has 8 aromatic rings. The van der Waals surface area contributed by atoms with E-state index in [4.69, 9.17) is 23.2 Å². The van der Waals surface area contributed by atoms with Crippen molar-refractivity contribution in [3.8, 4) is 22.3 Å². The number of carbonyl (C=O) groups is 2. The molecule has 0 bridgehead atoms. The van der Waals surface area contributed by atoms with Crippen molar-refractivity contribution in [1.82, 2.24) is 39.7 Å². The largest absolute Gasteiger partial charge is 0.359 e. The number of benzene rings is 4. The summed E-state index contributed by atoms with van der Waals surface area (Å²) in [5.41, 5.74) is 4.12. The van der Waals surface area contributed by atoms with Crippen LogP contribution in [-0.4, -0.2) is 71.8 Å². The van der Waals surface area contributed by atoms with Crippen LogP contribution in [0.25, 0.3) is 44.1 Å². The molecule has 0 aliphatic heterocycles. The summed E-state index contributed by atoms with van der Waals surface area (Å²) in [5, 5.41) is 5.32. The summed E-state index contributed by atoms with van der Waals surface area (Å²) >= 11 is 12.0. The van der Waals surface area contributed by atoms with Crippen LogP contribution in [0.5, 0.6) is 0 Å². The minimum absolute atomic E-state index is 0.163. The van der Waals surface area contributed by atoms with Crippen LogP contribution in [-0.2, 0) is 55.6 Å². The van der Waals surface area contributed by atoms with Crippen molar-refractivity contribution >= 4 is 88.2 Å². The van der Waals surface area contributed by atoms with Crippen molar-refractivity contribution in [3.63, 3.8) is 0 Å². The molecule has 18 nitrogen and oxygen atoms in total. The van der Waals surface area contributed by atoms with E-state index >= 15 is 0 Å². The van der Waals surface area contributed by atoms with Gasteiger partial charge in [-0.3, -0.25) is 47.7 Å². The van der Waals surface area contributed by atoms with Gasteiger partial charge >= 0.3 is 0 Å². The second-order valence-corrected chi connectivity index (χ2v) is 21.5. The van der Waals surface area contributed by atoms with E-state index in [2.05, 4.69) is 40.0 Å². The number of hydrogen-bond acceptors (Lipinski definition) is 12. The van der Waals surface area contributed by atoms with Crippen LogP contribution in [0.2, 0.25) is 10.0 Å². The first-order chi connectivity index (χ1) is 36.1. The van der Waals surface area contributed by atoms with Gasteiger partial charge in [-0.15, -0.1) is 0 Å². The monoisotopic (exact) mass is 1110 g/mol. The Labute approximate surface area is 445 Å². The lowest BCUT2D eigenvalue weighted by Gasteiger charge is -2.14. The zero-order chi connectivity index (χ0) is 55.2. The highest BCUT2D eigenvalue weighted by Gasteiger charge is 2.23. The lowest BCUT2D eigenvalue weighted by atomic mass is 10.0.